The molecule has 0 aromatic carbocycles. The normalized spacial score (nSPS) is 10.4. The summed E-state index contributed by atoms with van der Waals surface area (Å²) in [5, 5.41) is 4.23. The van der Waals surface area contributed by atoms with Crippen LogP contribution in [-0.2, 0) is 21.1 Å². The van der Waals surface area contributed by atoms with Crippen LogP contribution in [-0.4, -0.2) is 18.9 Å². The maximum atomic E-state index is 4.23. The van der Waals surface area contributed by atoms with Crippen LogP contribution in [0.2, 0.25) is 0 Å². The van der Waals surface area contributed by atoms with Gasteiger partial charge in [0, 0.05) is 49.6 Å². The van der Waals surface area contributed by atoms with Gasteiger partial charge in [-0.15, -0.1) is 0 Å². The zero-order valence-electron chi connectivity index (χ0n) is 21.3. The second-order valence-corrected chi connectivity index (χ2v) is 8.38. The summed E-state index contributed by atoms with van der Waals surface area (Å²) in [5.41, 5.74) is 15.0. The maximum absolute atomic E-state index is 4.23. The van der Waals surface area contributed by atoms with Crippen LogP contribution >= 0.6 is 0 Å². The topological polar surface area (TPSA) is 27.7 Å². The Kier molecular flexibility index (Phi) is 8.14. The highest BCUT2D eigenvalue weighted by Crippen LogP contribution is 2.18. The lowest BCUT2D eigenvalue weighted by Crippen LogP contribution is -1.92. The van der Waals surface area contributed by atoms with Crippen LogP contribution in [0.5, 0.6) is 0 Å². The van der Waals surface area contributed by atoms with Crippen molar-refractivity contribution in [2.45, 2.75) is 76.2 Å². The standard InChI is InChI=1S/2C9H15N.C7H12N2/c2*1-6-7(2)9(4)10(5)8(6)3;1-5-6(2)8-9(4)7(5)3/h2*1-5H3;1-4H3. The van der Waals surface area contributed by atoms with Crippen LogP contribution in [0.25, 0.3) is 0 Å². The first kappa shape index (κ1) is 24.8. The summed E-state index contributed by atoms with van der Waals surface area (Å²) < 4.78 is 6.39. The molecule has 162 valence electrons. The number of aromatic nitrogens is 4. The Bertz CT molecular complexity index is 754. The van der Waals surface area contributed by atoms with Crippen molar-refractivity contribution in [3.63, 3.8) is 0 Å². The zero-order chi connectivity index (χ0) is 22.8. The first-order valence-corrected chi connectivity index (χ1v) is 10.4. The van der Waals surface area contributed by atoms with E-state index in [0.29, 0.717) is 0 Å². The molecule has 4 heteroatoms. The molecule has 0 bridgehead atoms. The van der Waals surface area contributed by atoms with Crippen molar-refractivity contribution in [2.24, 2.45) is 21.1 Å². The molecule has 3 rings (SSSR count). The molecule has 0 saturated carbocycles. The molecule has 0 radical (unpaired) electrons. The van der Waals surface area contributed by atoms with Gasteiger partial charge in [0.15, 0.2) is 0 Å². The van der Waals surface area contributed by atoms with Crippen LogP contribution in [0.15, 0.2) is 0 Å². The van der Waals surface area contributed by atoms with E-state index in [1.165, 1.54) is 56.3 Å². The lowest BCUT2D eigenvalue weighted by molar-refractivity contribution is 0.730. The zero-order valence-corrected chi connectivity index (χ0v) is 21.3. The largest absolute Gasteiger partial charge is 0.352 e. The van der Waals surface area contributed by atoms with Crippen molar-refractivity contribution < 1.29 is 0 Å². The minimum atomic E-state index is 1.13. The molecule has 29 heavy (non-hydrogen) atoms. The average Bonchev–Trinajstić information content (AvgIpc) is 3.09. The third-order valence-corrected chi connectivity index (χ3v) is 7.18. The maximum Gasteiger partial charge on any atom is 0.0625 e. The minimum Gasteiger partial charge on any atom is -0.352 e. The van der Waals surface area contributed by atoms with Gasteiger partial charge >= 0.3 is 0 Å². The third-order valence-electron chi connectivity index (χ3n) is 7.18. The van der Waals surface area contributed by atoms with E-state index < -0.39 is 0 Å². The van der Waals surface area contributed by atoms with Gasteiger partial charge in [0.1, 0.15) is 0 Å². The van der Waals surface area contributed by atoms with E-state index in [4.69, 9.17) is 0 Å². The Morgan fingerprint density at radius 2 is 0.690 bits per heavy atom. The Labute approximate surface area is 178 Å². The monoisotopic (exact) mass is 398 g/mol. The molecule has 0 atom stereocenters. The second kappa shape index (κ2) is 9.51. The van der Waals surface area contributed by atoms with Gasteiger partial charge in [0.05, 0.1) is 5.69 Å². The smallest absolute Gasteiger partial charge is 0.0625 e. The van der Waals surface area contributed by atoms with Crippen molar-refractivity contribution in [1.82, 2.24) is 18.9 Å². The van der Waals surface area contributed by atoms with E-state index in [1.807, 2.05) is 18.7 Å². The Morgan fingerprint density at radius 1 is 0.414 bits per heavy atom. The van der Waals surface area contributed by atoms with Crippen molar-refractivity contribution in [3.8, 4) is 0 Å². The summed E-state index contributed by atoms with van der Waals surface area (Å²) in [6, 6.07) is 0. The van der Waals surface area contributed by atoms with Crippen LogP contribution in [0, 0.1) is 76.2 Å². The van der Waals surface area contributed by atoms with Gasteiger partial charge in [0.2, 0.25) is 0 Å². The highest BCUT2D eigenvalue weighted by atomic mass is 15.3. The van der Waals surface area contributed by atoms with Crippen molar-refractivity contribution in [1.29, 1.82) is 0 Å². The Hall–Kier alpha value is -2.23. The molecule has 3 aromatic rings. The van der Waals surface area contributed by atoms with Gasteiger partial charge in [0.25, 0.3) is 0 Å². The van der Waals surface area contributed by atoms with Gasteiger partial charge in [-0.2, -0.15) is 5.10 Å². The van der Waals surface area contributed by atoms with Crippen molar-refractivity contribution in [2.75, 3.05) is 0 Å². The predicted octanol–water partition coefficient (Wildman–Crippen LogP) is 5.86. The lowest BCUT2D eigenvalue weighted by Gasteiger charge is -1.98. The van der Waals surface area contributed by atoms with Gasteiger partial charge in [-0.05, 0) is 104 Å². The summed E-state index contributed by atoms with van der Waals surface area (Å²) in [5.74, 6) is 0. The van der Waals surface area contributed by atoms with Crippen molar-refractivity contribution >= 4 is 0 Å². The van der Waals surface area contributed by atoms with Gasteiger partial charge < -0.3 is 9.13 Å². The fraction of sp³-hybridized carbons (Fsp3) is 0.560. The van der Waals surface area contributed by atoms with E-state index in [1.54, 1.807) is 0 Å². The van der Waals surface area contributed by atoms with E-state index in [2.05, 4.69) is 97.6 Å². The van der Waals surface area contributed by atoms with E-state index in [-0.39, 0.29) is 0 Å². The summed E-state index contributed by atoms with van der Waals surface area (Å²) in [6.07, 6.45) is 0. The highest BCUT2D eigenvalue weighted by Gasteiger charge is 2.07. The SMILES string of the molecule is Cc1c(C)c(C)n(C)c1C.Cc1c(C)c(C)n(C)c1C.Cc1nn(C)c(C)c1C. The molecule has 0 saturated heterocycles. The highest BCUT2D eigenvalue weighted by molar-refractivity contribution is 5.35. The Balaban J connectivity index is 0.000000218. The third kappa shape index (κ3) is 5.04. The Morgan fingerprint density at radius 3 is 0.759 bits per heavy atom. The summed E-state index contributed by atoms with van der Waals surface area (Å²) in [6.45, 7) is 23.6. The van der Waals surface area contributed by atoms with Crippen LogP contribution in [0.4, 0.5) is 0 Å². The molecular formula is C25H42N4. The van der Waals surface area contributed by atoms with Gasteiger partial charge in [-0.1, -0.05) is 0 Å². The number of nitrogens with zero attached hydrogens (tertiary/aromatic N) is 4. The quantitative estimate of drug-likeness (QED) is 0.466. The fourth-order valence-corrected chi connectivity index (χ4v) is 3.47. The molecule has 3 heterocycles. The molecule has 0 N–H and O–H groups in total. The lowest BCUT2D eigenvalue weighted by atomic mass is 10.2. The minimum absolute atomic E-state index is 1.13. The van der Waals surface area contributed by atoms with E-state index >= 15 is 0 Å². The van der Waals surface area contributed by atoms with E-state index in [9.17, 15) is 0 Å². The van der Waals surface area contributed by atoms with Crippen LogP contribution < -0.4 is 0 Å². The molecule has 3 aromatic heterocycles. The predicted molar refractivity (Wildman–Crippen MR) is 126 cm³/mol. The van der Waals surface area contributed by atoms with Gasteiger partial charge in [-0.3, -0.25) is 4.68 Å². The molecule has 0 fully saturated rings. The van der Waals surface area contributed by atoms with Crippen LogP contribution in [0.1, 0.15) is 62.0 Å². The molecule has 0 unspecified atom stereocenters. The molecule has 0 aliphatic carbocycles. The summed E-state index contributed by atoms with van der Waals surface area (Å²) in [4.78, 5) is 0. The van der Waals surface area contributed by atoms with E-state index in [0.717, 1.165) is 5.69 Å². The fourth-order valence-electron chi connectivity index (χ4n) is 3.47. The number of hydrogen-bond donors (Lipinski definition) is 0. The molecule has 0 aliphatic rings. The first-order valence-electron chi connectivity index (χ1n) is 10.4. The van der Waals surface area contributed by atoms with Crippen molar-refractivity contribution in [3.05, 3.63) is 62.0 Å². The molecule has 0 aliphatic heterocycles. The molecule has 0 spiro atoms. The summed E-state index contributed by atoms with van der Waals surface area (Å²) >= 11 is 0. The first-order chi connectivity index (χ1) is 13.2. The average molecular weight is 399 g/mol. The molecular weight excluding hydrogens is 356 g/mol. The van der Waals surface area contributed by atoms with Gasteiger partial charge in [-0.25, -0.2) is 0 Å². The second-order valence-electron chi connectivity index (χ2n) is 8.38. The van der Waals surface area contributed by atoms with Crippen LogP contribution in [0.3, 0.4) is 0 Å². The summed E-state index contributed by atoms with van der Waals surface area (Å²) in [7, 11) is 6.20. The number of aryl methyl sites for hydroxylation is 2. The molecule has 4 nitrogen and oxygen atoms in total. The number of rotatable bonds is 0. The number of hydrogen-bond acceptors (Lipinski definition) is 1. The molecule has 0 amide bonds.